The first-order valence-electron chi connectivity index (χ1n) is 5.92. The maximum atomic E-state index is 10.2. The van der Waals surface area contributed by atoms with Crippen molar-refractivity contribution < 1.29 is 8.42 Å². The first-order chi connectivity index (χ1) is 9.03. The van der Waals surface area contributed by atoms with Gasteiger partial charge in [-0.25, -0.2) is 8.42 Å². The average Bonchev–Trinajstić information content (AvgIpc) is 2.40. The van der Waals surface area contributed by atoms with Crippen LogP contribution in [0.4, 0.5) is 0 Å². The van der Waals surface area contributed by atoms with Crippen molar-refractivity contribution in [2.75, 3.05) is 12.0 Å². The molecule has 0 atom stereocenters. The van der Waals surface area contributed by atoms with Crippen molar-refractivity contribution in [3.8, 4) is 11.1 Å². The highest BCUT2D eigenvalue weighted by atomic mass is 32.2. The van der Waals surface area contributed by atoms with Crippen molar-refractivity contribution in [1.82, 2.24) is 0 Å². The van der Waals surface area contributed by atoms with Crippen LogP contribution in [-0.4, -0.2) is 20.4 Å². The van der Waals surface area contributed by atoms with Crippen LogP contribution in [0.5, 0.6) is 0 Å². The first-order valence-corrected chi connectivity index (χ1v) is 7.98. The Balaban J connectivity index is 0.000000224. The van der Waals surface area contributed by atoms with E-state index in [1.807, 2.05) is 12.1 Å². The van der Waals surface area contributed by atoms with Crippen molar-refractivity contribution in [2.45, 2.75) is 0 Å². The fourth-order valence-corrected chi connectivity index (χ4v) is 1.90. The standard InChI is InChI=1S/C12H10.C4H8O2S/c1-3-7-11(8-4-1)12-9-5-2-6-10-12;1-3-4-7(2,5)6/h1-10H;3H,1,4H2,2H3. The molecular weight excluding hydrogens is 256 g/mol. The van der Waals surface area contributed by atoms with Crippen molar-refractivity contribution in [3.05, 3.63) is 73.3 Å². The topological polar surface area (TPSA) is 34.1 Å². The minimum Gasteiger partial charge on any atom is -0.229 e. The Labute approximate surface area is 115 Å². The second-order valence-corrected chi connectivity index (χ2v) is 6.30. The van der Waals surface area contributed by atoms with Gasteiger partial charge in [-0.1, -0.05) is 66.7 Å². The van der Waals surface area contributed by atoms with Gasteiger partial charge in [0, 0.05) is 6.26 Å². The molecule has 0 saturated carbocycles. The molecule has 2 aromatic rings. The molecule has 3 heteroatoms. The van der Waals surface area contributed by atoms with Crippen molar-refractivity contribution in [1.29, 1.82) is 0 Å². The Bertz CT molecular complexity index is 550. The van der Waals surface area contributed by atoms with Crippen LogP contribution in [0.15, 0.2) is 73.3 Å². The van der Waals surface area contributed by atoms with E-state index < -0.39 is 9.84 Å². The monoisotopic (exact) mass is 274 g/mol. The lowest BCUT2D eigenvalue weighted by atomic mass is 10.1. The summed E-state index contributed by atoms with van der Waals surface area (Å²) >= 11 is 0. The highest BCUT2D eigenvalue weighted by Crippen LogP contribution is 2.17. The van der Waals surface area contributed by atoms with Crippen molar-refractivity contribution in [3.63, 3.8) is 0 Å². The fraction of sp³-hybridized carbons (Fsp3) is 0.125. The molecular formula is C16H18O2S. The normalized spacial score (nSPS) is 10.2. The van der Waals surface area contributed by atoms with Gasteiger partial charge in [0.25, 0.3) is 0 Å². The van der Waals surface area contributed by atoms with Crippen LogP contribution in [0.3, 0.4) is 0 Å². The van der Waals surface area contributed by atoms with E-state index >= 15 is 0 Å². The molecule has 0 aliphatic rings. The summed E-state index contributed by atoms with van der Waals surface area (Å²) in [6.45, 7) is 3.27. The van der Waals surface area contributed by atoms with E-state index in [1.54, 1.807) is 0 Å². The van der Waals surface area contributed by atoms with Gasteiger partial charge in [0.2, 0.25) is 0 Å². The lowest BCUT2D eigenvalue weighted by molar-refractivity contribution is 0.604. The Hall–Kier alpha value is -1.87. The fourth-order valence-electron chi connectivity index (χ4n) is 1.48. The number of benzene rings is 2. The molecule has 2 nitrogen and oxygen atoms in total. The van der Waals surface area contributed by atoms with Gasteiger partial charge in [0.15, 0.2) is 9.84 Å². The summed E-state index contributed by atoms with van der Waals surface area (Å²) in [7, 11) is -2.79. The van der Waals surface area contributed by atoms with Crippen molar-refractivity contribution in [2.24, 2.45) is 0 Å². The molecule has 0 unspecified atom stereocenters. The first kappa shape index (κ1) is 15.2. The SMILES string of the molecule is C=CCS(C)(=O)=O.c1ccc(-c2ccccc2)cc1. The van der Waals surface area contributed by atoms with E-state index in [2.05, 4.69) is 55.1 Å². The van der Waals surface area contributed by atoms with E-state index in [0.717, 1.165) is 0 Å². The molecule has 0 saturated heterocycles. The molecule has 0 spiro atoms. The third-order valence-electron chi connectivity index (χ3n) is 2.30. The highest BCUT2D eigenvalue weighted by molar-refractivity contribution is 7.90. The highest BCUT2D eigenvalue weighted by Gasteiger charge is 1.93. The molecule has 2 rings (SSSR count). The van der Waals surface area contributed by atoms with E-state index in [0.29, 0.717) is 0 Å². The van der Waals surface area contributed by atoms with E-state index in [-0.39, 0.29) is 5.75 Å². The Kier molecular flexibility index (Phi) is 6.03. The molecule has 0 fully saturated rings. The van der Waals surface area contributed by atoms with Crippen molar-refractivity contribution >= 4 is 9.84 Å². The van der Waals surface area contributed by atoms with E-state index in [4.69, 9.17) is 0 Å². The third-order valence-corrected chi connectivity index (χ3v) is 3.14. The zero-order valence-electron chi connectivity index (χ0n) is 11.0. The van der Waals surface area contributed by atoms with Gasteiger partial charge in [-0.05, 0) is 11.1 Å². The van der Waals surface area contributed by atoms with Gasteiger partial charge in [-0.2, -0.15) is 0 Å². The molecule has 0 aromatic heterocycles. The summed E-state index contributed by atoms with van der Waals surface area (Å²) in [5.41, 5.74) is 2.55. The van der Waals surface area contributed by atoms with Gasteiger partial charge in [0.05, 0.1) is 5.75 Å². The average molecular weight is 274 g/mol. The summed E-state index contributed by atoms with van der Waals surface area (Å²) in [5, 5.41) is 0. The van der Waals surface area contributed by atoms with Crippen LogP contribution in [0.25, 0.3) is 11.1 Å². The molecule has 0 N–H and O–H groups in total. The lowest BCUT2D eigenvalue weighted by Crippen LogP contribution is -1.98. The van der Waals surface area contributed by atoms with Gasteiger partial charge in [-0.3, -0.25) is 0 Å². The van der Waals surface area contributed by atoms with Crippen LogP contribution in [0.2, 0.25) is 0 Å². The number of rotatable bonds is 3. The molecule has 0 aliphatic heterocycles. The molecule has 100 valence electrons. The largest absolute Gasteiger partial charge is 0.229 e. The number of hydrogen-bond acceptors (Lipinski definition) is 2. The smallest absolute Gasteiger partial charge is 0.150 e. The van der Waals surface area contributed by atoms with Crippen LogP contribution < -0.4 is 0 Å². The summed E-state index contributed by atoms with van der Waals surface area (Å²) < 4.78 is 20.3. The third kappa shape index (κ3) is 6.58. The number of hydrogen-bond donors (Lipinski definition) is 0. The molecule has 2 aromatic carbocycles. The Morgan fingerprint density at radius 1 is 0.895 bits per heavy atom. The van der Waals surface area contributed by atoms with Gasteiger partial charge in [0.1, 0.15) is 0 Å². The predicted molar refractivity (Wildman–Crippen MR) is 81.8 cm³/mol. The summed E-state index contributed by atoms with van der Waals surface area (Å²) in [6.07, 6.45) is 2.55. The Morgan fingerprint density at radius 3 is 1.47 bits per heavy atom. The predicted octanol–water partition coefficient (Wildman–Crippen LogP) is 3.57. The second-order valence-electron chi connectivity index (χ2n) is 4.11. The van der Waals surface area contributed by atoms with Crippen LogP contribution in [-0.2, 0) is 9.84 Å². The molecule has 0 aliphatic carbocycles. The van der Waals surface area contributed by atoms with Gasteiger partial charge >= 0.3 is 0 Å². The maximum Gasteiger partial charge on any atom is 0.150 e. The van der Waals surface area contributed by atoms with Crippen LogP contribution >= 0.6 is 0 Å². The zero-order chi connectivity index (χ0) is 14.1. The summed E-state index contributed by atoms with van der Waals surface area (Å²) in [4.78, 5) is 0. The number of sulfone groups is 1. The molecule has 0 amide bonds. The minimum absolute atomic E-state index is 0.0764. The summed E-state index contributed by atoms with van der Waals surface area (Å²) in [5.74, 6) is 0.0764. The lowest BCUT2D eigenvalue weighted by Gasteiger charge is -1.98. The molecule has 0 bridgehead atoms. The van der Waals surface area contributed by atoms with Crippen LogP contribution in [0.1, 0.15) is 0 Å². The van der Waals surface area contributed by atoms with E-state index in [1.165, 1.54) is 23.5 Å². The summed E-state index contributed by atoms with van der Waals surface area (Å²) in [6, 6.07) is 20.8. The van der Waals surface area contributed by atoms with Gasteiger partial charge < -0.3 is 0 Å². The molecule has 0 heterocycles. The van der Waals surface area contributed by atoms with Gasteiger partial charge in [-0.15, -0.1) is 6.58 Å². The maximum absolute atomic E-state index is 10.2. The quantitative estimate of drug-likeness (QED) is 0.802. The van der Waals surface area contributed by atoms with Crippen LogP contribution in [0, 0.1) is 0 Å². The second kappa shape index (κ2) is 7.54. The van der Waals surface area contributed by atoms with E-state index in [9.17, 15) is 8.42 Å². The molecule has 19 heavy (non-hydrogen) atoms. The Morgan fingerprint density at radius 2 is 1.26 bits per heavy atom. The minimum atomic E-state index is -2.79. The zero-order valence-corrected chi connectivity index (χ0v) is 11.8. The molecule has 0 radical (unpaired) electrons.